The van der Waals surface area contributed by atoms with Crippen LogP contribution in [0.15, 0.2) is 18.3 Å². The lowest BCUT2D eigenvalue weighted by Gasteiger charge is -2.41. The van der Waals surface area contributed by atoms with Crippen molar-refractivity contribution in [1.29, 1.82) is 0 Å². The number of piperidine rings is 1. The molecule has 0 amide bonds. The second-order valence-electron chi connectivity index (χ2n) is 5.64. The van der Waals surface area contributed by atoms with E-state index >= 15 is 0 Å². The predicted molar refractivity (Wildman–Crippen MR) is 74.9 cm³/mol. The summed E-state index contributed by atoms with van der Waals surface area (Å²) in [5.41, 5.74) is 3.86. The van der Waals surface area contributed by atoms with E-state index in [9.17, 15) is 0 Å². The van der Waals surface area contributed by atoms with Gasteiger partial charge in [0.05, 0.1) is 0 Å². The quantitative estimate of drug-likeness (QED) is 0.636. The van der Waals surface area contributed by atoms with Crippen LogP contribution >= 0.6 is 0 Å². The Morgan fingerprint density at radius 3 is 2.94 bits per heavy atom. The van der Waals surface area contributed by atoms with Gasteiger partial charge in [0.2, 0.25) is 0 Å². The van der Waals surface area contributed by atoms with Crippen molar-refractivity contribution in [3.8, 4) is 0 Å². The number of rotatable bonds is 3. The van der Waals surface area contributed by atoms with Crippen molar-refractivity contribution in [1.82, 2.24) is 9.88 Å². The molecule has 0 saturated carbocycles. The van der Waals surface area contributed by atoms with Crippen LogP contribution in [-0.4, -0.2) is 22.5 Å². The molecule has 4 nitrogen and oxygen atoms in total. The maximum absolute atomic E-state index is 5.51. The lowest BCUT2D eigenvalue weighted by Crippen LogP contribution is -2.45. The number of hydrazine groups is 1. The number of nitrogens with one attached hydrogen (secondary N) is 1. The van der Waals surface area contributed by atoms with E-state index in [1.165, 1.54) is 12.0 Å². The Morgan fingerprint density at radius 2 is 2.22 bits per heavy atom. The Labute approximate surface area is 110 Å². The number of hydrogen-bond acceptors (Lipinski definition) is 4. The maximum atomic E-state index is 5.51. The van der Waals surface area contributed by atoms with E-state index in [1.54, 1.807) is 6.20 Å². The first-order valence-electron chi connectivity index (χ1n) is 6.76. The standard InChI is InChI=1S/C14H24N4/c1-10-7-11(2)12(3)18(8-10)9-13-5-4-6-16-14(13)17-15/h4-6,10-12H,7-9,15H2,1-3H3,(H,16,17). The van der Waals surface area contributed by atoms with Gasteiger partial charge >= 0.3 is 0 Å². The normalized spacial score (nSPS) is 29.2. The molecule has 4 heteroatoms. The minimum Gasteiger partial charge on any atom is -0.308 e. The molecule has 1 aliphatic heterocycles. The number of hydrogen-bond donors (Lipinski definition) is 2. The molecule has 0 radical (unpaired) electrons. The van der Waals surface area contributed by atoms with Crippen molar-refractivity contribution in [3.05, 3.63) is 23.9 Å². The summed E-state index contributed by atoms with van der Waals surface area (Å²) in [6.45, 7) is 9.08. The highest BCUT2D eigenvalue weighted by molar-refractivity contribution is 5.42. The van der Waals surface area contributed by atoms with E-state index in [-0.39, 0.29) is 0 Å². The largest absolute Gasteiger partial charge is 0.308 e. The van der Waals surface area contributed by atoms with Gasteiger partial charge in [-0.2, -0.15) is 0 Å². The summed E-state index contributed by atoms with van der Waals surface area (Å²) in [6.07, 6.45) is 3.09. The third-order valence-electron chi connectivity index (χ3n) is 4.12. The van der Waals surface area contributed by atoms with Crippen LogP contribution in [-0.2, 0) is 6.54 Å². The number of likely N-dealkylation sites (tertiary alicyclic amines) is 1. The molecule has 1 saturated heterocycles. The third-order valence-corrected chi connectivity index (χ3v) is 4.12. The van der Waals surface area contributed by atoms with Gasteiger partial charge < -0.3 is 5.43 Å². The molecule has 0 bridgehead atoms. The first-order valence-corrected chi connectivity index (χ1v) is 6.76. The molecule has 100 valence electrons. The second-order valence-corrected chi connectivity index (χ2v) is 5.64. The molecule has 3 unspecified atom stereocenters. The van der Waals surface area contributed by atoms with E-state index < -0.39 is 0 Å². The topological polar surface area (TPSA) is 54.2 Å². The number of anilines is 1. The SMILES string of the molecule is CC1CC(C)C(C)N(Cc2cccnc2NN)C1. The summed E-state index contributed by atoms with van der Waals surface area (Å²) in [7, 11) is 0. The number of aromatic nitrogens is 1. The van der Waals surface area contributed by atoms with Crippen molar-refractivity contribution in [3.63, 3.8) is 0 Å². The fraction of sp³-hybridized carbons (Fsp3) is 0.643. The Morgan fingerprint density at radius 1 is 1.44 bits per heavy atom. The fourth-order valence-electron chi connectivity index (χ4n) is 2.96. The Bertz CT molecular complexity index is 393. The van der Waals surface area contributed by atoms with E-state index in [0.29, 0.717) is 6.04 Å². The Hall–Kier alpha value is -1.13. The lowest BCUT2D eigenvalue weighted by atomic mass is 9.86. The van der Waals surface area contributed by atoms with E-state index in [2.05, 4.69) is 42.1 Å². The molecule has 2 heterocycles. The molecule has 1 aromatic heterocycles. The highest BCUT2D eigenvalue weighted by Crippen LogP contribution is 2.28. The monoisotopic (exact) mass is 248 g/mol. The molecule has 1 aliphatic rings. The van der Waals surface area contributed by atoms with Crippen molar-refractivity contribution in [2.24, 2.45) is 17.7 Å². The maximum Gasteiger partial charge on any atom is 0.144 e. The van der Waals surface area contributed by atoms with Gasteiger partial charge in [0.15, 0.2) is 0 Å². The summed E-state index contributed by atoms with van der Waals surface area (Å²) in [6, 6.07) is 4.68. The first-order chi connectivity index (χ1) is 8.61. The summed E-state index contributed by atoms with van der Waals surface area (Å²) in [5, 5.41) is 0. The average Bonchev–Trinajstić information content (AvgIpc) is 2.36. The van der Waals surface area contributed by atoms with E-state index in [0.717, 1.165) is 30.7 Å². The highest BCUT2D eigenvalue weighted by atomic mass is 15.3. The molecule has 0 aromatic carbocycles. The molecule has 0 aliphatic carbocycles. The van der Waals surface area contributed by atoms with Crippen LogP contribution in [0, 0.1) is 11.8 Å². The minimum absolute atomic E-state index is 0.618. The van der Waals surface area contributed by atoms with E-state index in [4.69, 9.17) is 5.84 Å². The average molecular weight is 248 g/mol. The molecular formula is C14H24N4. The van der Waals surface area contributed by atoms with Gasteiger partial charge in [-0.05, 0) is 31.2 Å². The van der Waals surface area contributed by atoms with Crippen LogP contribution < -0.4 is 11.3 Å². The molecular weight excluding hydrogens is 224 g/mol. The van der Waals surface area contributed by atoms with Crippen molar-refractivity contribution < 1.29 is 0 Å². The van der Waals surface area contributed by atoms with Crippen LogP contribution in [0.3, 0.4) is 0 Å². The lowest BCUT2D eigenvalue weighted by molar-refractivity contribution is 0.0730. The van der Waals surface area contributed by atoms with Crippen LogP contribution in [0.2, 0.25) is 0 Å². The van der Waals surface area contributed by atoms with Gasteiger partial charge in [-0.1, -0.05) is 19.9 Å². The zero-order valence-corrected chi connectivity index (χ0v) is 11.6. The molecule has 3 atom stereocenters. The predicted octanol–water partition coefficient (Wildman–Crippen LogP) is 2.23. The molecule has 1 aromatic rings. The van der Waals surface area contributed by atoms with Crippen molar-refractivity contribution in [2.45, 2.75) is 39.8 Å². The van der Waals surface area contributed by atoms with Crippen molar-refractivity contribution >= 4 is 5.82 Å². The zero-order valence-electron chi connectivity index (χ0n) is 11.6. The third kappa shape index (κ3) is 2.82. The molecule has 2 rings (SSSR count). The van der Waals surface area contributed by atoms with Crippen LogP contribution in [0.4, 0.5) is 5.82 Å². The summed E-state index contributed by atoms with van der Waals surface area (Å²) >= 11 is 0. The fourth-order valence-corrected chi connectivity index (χ4v) is 2.96. The molecule has 0 spiro atoms. The summed E-state index contributed by atoms with van der Waals surface area (Å²) in [4.78, 5) is 6.80. The second kappa shape index (κ2) is 5.67. The number of nitrogens with two attached hydrogens (primary N) is 1. The van der Waals surface area contributed by atoms with Gasteiger partial charge in [0.1, 0.15) is 5.82 Å². The summed E-state index contributed by atoms with van der Waals surface area (Å²) in [5.74, 6) is 7.82. The smallest absolute Gasteiger partial charge is 0.144 e. The molecule has 1 fully saturated rings. The Balaban J connectivity index is 2.12. The van der Waals surface area contributed by atoms with Gasteiger partial charge in [-0.15, -0.1) is 0 Å². The van der Waals surface area contributed by atoms with Crippen molar-refractivity contribution in [2.75, 3.05) is 12.0 Å². The Kier molecular flexibility index (Phi) is 4.19. The number of pyridine rings is 1. The molecule has 3 N–H and O–H groups in total. The van der Waals surface area contributed by atoms with Crippen LogP contribution in [0.25, 0.3) is 0 Å². The van der Waals surface area contributed by atoms with Crippen LogP contribution in [0.1, 0.15) is 32.8 Å². The number of nitrogen functional groups attached to an aromatic ring is 1. The highest BCUT2D eigenvalue weighted by Gasteiger charge is 2.28. The molecule has 18 heavy (non-hydrogen) atoms. The van der Waals surface area contributed by atoms with Gasteiger partial charge in [0.25, 0.3) is 0 Å². The van der Waals surface area contributed by atoms with Crippen LogP contribution in [0.5, 0.6) is 0 Å². The number of nitrogens with zero attached hydrogens (tertiary/aromatic N) is 2. The minimum atomic E-state index is 0.618. The first kappa shape index (κ1) is 13.3. The van der Waals surface area contributed by atoms with Gasteiger partial charge in [-0.3, -0.25) is 4.90 Å². The van der Waals surface area contributed by atoms with Gasteiger partial charge in [-0.25, -0.2) is 10.8 Å². The van der Waals surface area contributed by atoms with Gasteiger partial charge in [0, 0.05) is 30.9 Å². The summed E-state index contributed by atoms with van der Waals surface area (Å²) < 4.78 is 0. The van der Waals surface area contributed by atoms with E-state index in [1.807, 2.05) is 6.07 Å². The zero-order chi connectivity index (χ0) is 13.1.